The van der Waals surface area contributed by atoms with Gasteiger partial charge < -0.3 is 15.2 Å². The zero-order valence-electron chi connectivity index (χ0n) is 17.8. The number of halogens is 1. The number of amides is 2. The molecule has 0 unspecified atom stereocenters. The van der Waals surface area contributed by atoms with Crippen molar-refractivity contribution in [2.75, 3.05) is 5.32 Å². The molecule has 2 amide bonds. The zero-order valence-corrected chi connectivity index (χ0v) is 17.8. The van der Waals surface area contributed by atoms with Gasteiger partial charge >= 0.3 is 0 Å². The van der Waals surface area contributed by atoms with Gasteiger partial charge in [-0.2, -0.15) is 0 Å². The summed E-state index contributed by atoms with van der Waals surface area (Å²) in [6.07, 6.45) is 1.67. The molecule has 7 heteroatoms. The highest BCUT2D eigenvalue weighted by Crippen LogP contribution is 2.24. The summed E-state index contributed by atoms with van der Waals surface area (Å²) in [6, 6.07) is 4.19. The topological polar surface area (TPSA) is 80.2 Å². The Morgan fingerprint density at radius 3 is 2.41 bits per heavy atom. The molecule has 0 aliphatic rings. The fourth-order valence-corrected chi connectivity index (χ4v) is 3.45. The van der Waals surface area contributed by atoms with Crippen molar-refractivity contribution in [1.82, 2.24) is 9.88 Å². The number of Topliss-reactive ketones (excluding diaryl/α,β-unsaturated/α-hetero) is 1. The Labute approximate surface area is 170 Å². The van der Waals surface area contributed by atoms with Gasteiger partial charge in [0, 0.05) is 24.5 Å². The Kier molecular flexibility index (Phi) is 6.95. The van der Waals surface area contributed by atoms with Gasteiger partial charge in [0.05, 0.1) is 11.3 Å². The molecule has 0 saturated heterocycles. The van der Waals surface area contributed by atoms with Crippen molar-refractivity contribution in [1.29, 1.82) is 0 Å². The summed E-state index contributed by atoms with van der Waals surface area (Å²) < 4.78 is 15.0. The minimum Gasteiger partial charge on any atom is -0.347 e. The summed E-state index contributed by atoms with van der Waals surface area (Å²) in [5, 5.41) is 5.44. The smallest absolute Gasteiger partial charge is 0.294 e. The number of anilines is 1. The Balaban J connectivity index is 2.31. The number of rotatable bonds is 7. The zero-order chi connectivity index (χ0) is 21.9. The van der Waals surface area contributed by atoms with Crippen molar-refractivity contribution >= 4 is 23.3 Å². The fourth-order valence-electron chi connectivity index (χ4n) is 3.45. The standard InChI is InChI=1S/C22H28FN3O3/c1-7-8-13(3)24-22(29)20(27)19-14(4)18(15(5)26(19)6)21(28)25-16-9-10-17(23)12(2)11-16/h9-11,13H,7-8H2,1-6H3,(H,24,29)(H,25,28)/t13-/m0/s1. The van der Waals surface area contributed by atoms with Crippen molar-refractivity contribution in [3.8, 4) is 0 Å². The molecule has 2 N–H and O–H groups in total. The molecule has 0 aliphatic carbocycles. The number of hydrogen-bond acceptors (Lipinski definition) is 3. The van der Waals surface area contributed by atoms with Crippen LogP contribution in [0.4, 0.5) is 10.1 Å². The average Bonchev–Trinajstić information content (AvgIpc) is 2.86. The number of aryl methyl sites for hydroxylation is 1. The van der Waals surface area contributed by atoms with Crippen LogP contribution in [0.1, 0.15) is 64.4 Å². The number of benzene rings is 1. The SMILES string of the molecule is CCC[C@H](C)NC(=O)C(=O)c1c(C)c(C(=O)Nc2ccc(F)c(C)c2)c(C)n1C. The van der Waals surface area contributed by atoms with E-state index in [0.29, 0.717) is 28.1 Å². The van der Waals surface area contributed by atoms with Gasteiger partial charge in [0.1, 0.15) is 5.82 Å². The van der Waals surface area contributed by atoms with Crippen LogP contribution in [0.15, 0.2) is 18.2 Å². The molecule has 1 aromatic carbocycles. The monoisotopic (exact) mass is 401 g/mol. The van der Waals surface area contributed by atoms with E-state index < -0.39 is 17.6 Å². The lowest BCUT2D eigenvalue weighted by atomic mass is 10.1. The van der Waals surface area contributed by atoms with Gasteiger partial charge in [-0.3, -0.25) is 14.4 Å². The molecule has 6 nitrogen and oxygen atoms in total. The molecule has 0 bridgehead atoms. The van der Waals surface area contributed by atoms with Gasteiger partial charge in [-0.25, -0.2) is 4.39 Å². The average molecular weight is 401 g/mol. The maximum absolute atomic E-state index is 13.5. The first-order valence-corrected chi connectivity index (χ1v) is 9.67. The molecule has 1 heterocycles. The highest BCUT2D eigenvalue weighted by atomic mass is 19.1. The van der Waals surface area contributed by atoms with Crippen LogP contribution in [0, 0.1) is 26.6 Å². The number of aromatic nitrogens is 1. The number of ketones is 1. The van der Waals surface area contributed by atoms with Crippen LogP contribution in [0.3, 0.4) is 0 Å². The van der Waals surface area contributed by atoms with E-state index in [1.54, 1.807) is 32.4 Å². The molecule has 1 aromatic heterocycles. The molecule has 0 radical (unpaired) electrons. The van der Waals surface area contributed by atoms with Gasteiger partial charge in [0.15, 0.2) is 0 Å². The van der Waals surface area contributed by atoms with E-state index in [0.717, 1.165) is 12.8 Å². The van der Waals surface area contributed by atoms with E-state index in [-0.39, 0.29) is 17.6 Å². The lowest BCUT2D eigenvalue weighted by Crippen LogP contribution is -2.38. The molecule has 29 heavy (non-hydrogen) atoms. The van der Waals surface area contributed by atoms with Gasteiger partial charge in [-0.1, -0.05) is 13.3 Å². The number of carbonyl (C=O) groups excluding carboxylic acids is 3. The van der Waals surface area contributed by atoms with Crippen LogP contribution in [-0.2, 0) is 11.8 Å². The lowest BCUT2D eigenvalue weighted by Gasteiger charge is -2.12. The third kappa shape index (κ3) is 4.72. The van der Waals surface area contributed by atoms with Crippen molar-refractivity contribution < 1.29 is 18.8 Å². The molecular weight excluding hydrogens is 373 g/mol. The third-order valence-corrected chi connectivity index (χ3v) is 5.09. The van der Waals surface area contributed by atoms with Gasteiger partial charge in [-0.05, 0) is 63.4 Å². The number of hydrogen-bond donors (Lipinski definition) is 2. The second-order valence-electron chi connectivity index (χ2n) is 7.40. The molecule has 2 rings (SSSR count). The molecule has 156 valence electrons. The second-order valence-corrected chi connectivity index (χ2v) is 7.40. The van der Waals surface area contributed by atoms with E-state index in [1.165, 1.54) is 18.2 Å². The highest BCUT2D eigenvalue weighted by molar-refractivity contribution is 6.43. The molecule has 0 aliphatic heterocycles. The molecule has 0 fully saturated rings. The Bertz CT molecular complexity index is 963. The van der Waals surface area contributed by atoms with Crippen LogP contribution in [0.25, 0.3) is 0 Å². The van der Waals surface area contributed by atoms with Crippen molar-refractivity contribution in [3.05, 3.63) is 52.1 Å². The van der Waals surface area contributed by atoms with E-state index in [2.05, 4.69) is 10.6 Å². The van der Waals surface area contributed by atoms with E-state index in [1.807, 2.05) is 13.8 Å². The largest absolute Gasteiger partial charge is 0.347 e. The summed E-state index contributed by atoms with van der Waals surface area (Å²) in [6.45, 7) is 8.82. The number of nitrogens with zero attached hydrogens (tertiary/aromatic N) is 1. The predicted molar refractivity (Wildman–Crippen MR) is 111 cm³/mol. The Hall–Kier alpha value is -2.96. The summed E-state index contributed by atoms with van der Waals surface area (Å²) in [7, 11) is 1.65. The first-order valence-electron chi connectivity index (χ1n) is 9.67. The summed E-state index contributed by atoms with van der Waals surface area (Å²) in [5.41, 5.74) is 2.38. The predicted octanol–water partition coefficient (Wildman–Crippen LogP) is 3.83. The van der Waals surface area contributed by atoms with Crippen LogP contribution in [0.5, 0.6) is 0 Å². The quantitative estimate of drug-likeness (QED) is 0.547. The van der Waals surface area contributed by atoms with E-state index in [9.17, 15) is 18.8 Å². The Morgan fingerprint density at radius 2 is 1.83 bits per heavy atom. The van der Waals surface area contributed by atoms with Crippen LogP contribution >= 0.6 is 0 Å². The van der Waals surface area contributed by atoms with Crippen LogP contribution in [0.2, 0.25) is 0 Å². The first-order chi connectivity index (χ1) is 13.6. The second kappa shape index (κ2) is 9.03. The van der Waals surface area contributed by atoms with Crippen LogP contribution < -0.4 is 10.6 Å². The minimum atomic E-state index is -0.684. The molecular formula is C22H28FN3O3. The van der Waals surface area contributed by atoms with Gasteiger partial charge in [0.2, 0.25) is 0 Å². The van der Waals surface area contributed by atoms with Crippen molar-refractivity contribution in [2.45, 2.75) is 53.5 Å². The number of carbonyl (C=O) groups is 3. The lowest BCUT2D eigenvalue weighted by molar-refractivity contribution is -0.117. The minimum absolute atomic E-state index is 0.109. The van der Waals surface area contributed by atoms with Crippen molar-refractivity contribution in [2.24, 2.45) is 7.05 Å². The summed E-state index contributed by atoms with van der Waals surface area (Å²) in [5.74, 6) is -2.13. The van der Waals surface area contributed by atoms with E-state index >= 15 is 0 Å². The molecule has 0 spiro atoms. The fraction of sp³-hybridized carbons (Fsp3) is 0.409. The molecule has 0 saturated carbocycles. The Morgan fingerprint density at radius 1 is 1.17 bits per heavy atom. The van der Waals surface area contributed by atoms with E-state index in [4.69, 9.17) is 0 Å². The molecule has 1 atom stereocenters. The summed E-state index contributed by atoms with van der Waals surface area (Å²) >= 11 is 0. The maximum Gasteiger partial charge on any atom is 0.294 e. The first kappa shape index (κ1) is 22.3. The molecule has 2 aromatic rings. The normalized spacial score (nSPS) is 11.8. The summed E-state index contributed by atoms with van der Waals surface area (Å²) in [4.78, 5) is 38.0. The maximum atomic E-state index is 13.5. The highest BCUT2D eigenvalue weighted by Gasteiger charge is 2.29. The van der Waals surface area contributed by atoms with Gasteiger partial charge in [0.25, 0.3) is 17.6 Å². The van der Waals surface area contributed by atoms with Gasteiger partial charge in [-0.15, -0.1) is 0 Å². The number of nitrogens with one attached hydrogen (secondary N) is 2. The van der Waals surface area contributed by atoms with Crippen LogP contribution in [-0.4, -0.2) is 28.2 Å². The van der Waals surface area contributed by atoms with Crippen molar-refractivity contribution in [3.63, 3.8) is 0 Å². The third-order valence-electron chi connectivity index (χ3n) is 5.09.